The van der Waals surface area contributed by atoms with Crippen LogP contribution in [0.3, 0.4) is 0 Å². The first-order chi connectivity index (χ1) is 15.6. The average molecular weight is 431 g/mol. The van der Waals surface area contributed by atoms with Crippen LogP contribution in [0, 0.1) is 12.3 Å². The second-order valence-electron chi connectivity index (χ2n) is 6.92. The zero-order valence-electron chi connectivity index (χ0n) is 18.1. The van der Waals surface area contributed by atoms with E-state index in [0.29, 0.717) is 18.0 Å². The van der Waals surface area contributed by atoms with Crippen molar-refractivity contribution in [1.82, 2.24) is 10.6 Å². The number of terminal acetylenes is 1. The highest BCUT2D eigenvalue weighted by molar-refractivity contribution is 5.75. The van der Waals surface area contributed by atoms with Gasteiger partial charge >= 0.3 is 6.03 Å². The summed E-state index contributed by atoms with van der Waals surface area (Å²) < 4.78 is 16.1. The lowest BCUT2D eigenvalue weighted by Gasteiger charge is -2.20. The maximum atomic E-state index is 12.7. The van der Waals surface area contributed by atoms with Crippen LogP contribution in [0.2, 0.25) is 0 Å². The Labute approximate surface area is 188 Å². The molecular weight excluding hydrogens is 404 g/mol. The van der Waals surface area contributed by atoms with Gasteiger partial charge in [0.05, 0.1) is 20.3 Å². The molecule has 6 heteroatoms. The van der Waals surface area contributed by atoms with Gasteiger partial charge in [0.25, 0.3) is 0 Å². The first-order valence-corrected chi connectivity index (χ1v) is 10.1. The van der Waals surface area contributed by atoms with Crippen molar-refractivity contribution in [3.8, 4) is 29.6 Å². The Kier molecular flexibility index (Phi) is 7.99. The van der Waals surface area contributed by atoms with E-state index in [1.54, 1.807) is 26.4 Å². The van der Waals surface area contributed by atoms with Crippen molar-refractivity contribution in [2.75, 3.05) is 20.8 Å². The third-order valence-electron chi connectivity index (χ3n) is 4.85. The third-order valence-corrected chi connectivity index (χ3v) is 4.85. The molecule has 0 aromatic heterocycles. The molecule has 32 heavy (non-hydrogen) atoms. The summed E-state index contributed by atoms with van der Waals surface area (Å²) in [5, 5.41) is 5.96. The number of carbonyl (C=O) groups excluding carboxylic acids is 1. The van der Waals surface area contributed by atoms with Gasteiger partial charge in [0.15, 0.2) is 11.5 Å². The number of amides is 2. The van der Waals surface area contributed by atoms with Crippen LogP contribution in [0.5, 0.6) is 17.2 Å². The minimum atomic E-state index is -0.313. The number of hydrogen-bond acceptors (Lipinski definition) is 4. The van der Waals surface area contributed by atoms with Gasteiger partial charge in [-0.1, -0.05) is 54.5 Å². The molecule has 3 rings (SSSR count). The highest BCUT2D eigenvalue weighted by atomic mass is 16.5. The van der Waals surface area contributed by atoms with E-state index in [-0.39, 0.29) is 18.7 Å². The first-order valence-electron chi connectivity index (χ1n) is 10.1. The predicted octanol–water partition coefficient (Wildman–Crippen LogP) is 4.30. The number of nitrogens with one attached hydrogen (secondary N) is 2. The molecule has 0 saturated heterocycles. The molecule has 0 saturated carbocycles. The molecule has 0 aliphatic rings. The van der Waals surface area contributed by atoms with Gasteiger partial charge in [-0.15, -0.1) is 6.42 Å². The van der Waals surface area contributed by atoms with Crippen LogP contribution >= 0.6 is 0 Å². The minimum absolute atomic E-state index is 0.133. The molecule has 0 spiro atoms. The van der Waals surface area contributed by atoms with E-state index in [4.69, 9.17) is 20.6 Å². The Hall–Kier alpha value is -4.11. The fraction of sp³-hybridized carbons (Fsp3) is 0.192. The summed E-state index contributed by atoms with van der Waals surface area (Å²) in [7, 11) is 3.18. The van der Waals surface area contributed by atoms with Crippen LogP contribution in [-0.2, 0) is 6.54 Å². The third kappa shape index (κ3) is 5.96. The Balaban J connectivity index is 1.71. The van der Waals surface area contributed by atoms with Crippen molar-refractivity contribution < 1.29 is 19.0 Å². The van der Waals surface area contributed by atoms with E-state index in [0.717, 1.165) is 22.4 Å². The van der Waals surface area contributed by atoms with Crippen LogP contribution in [-0.4, -0.2) is 26.9 Å². The lowest BCUT2D eigenvalue weighted by Crippen LogP contribution is -2.38. The molecule has 6 nitrogen and oxygen atoms in total. The summed E-state index contributed by atoms with van der Waals surface area (Å²) in [4.78, 5) is 12.7. The molecule has 0 heterocycles. The molecule has 1 atom stereocenters. The maximum Gasteiger partial charge on any atom is 0.315 e. The molecule has 1 unspecified atom stereocenters. The van der Waals surface area contributed by atoms with Gasteiger partial charge in [-0.2, -0.15) is 0 Å². The molecular formula is C26H26N2O4. The molecule has 0 aliphatic heterocycles. The van der Waals surface area contributed by atoms with Crippen LogP contribution < -0.4 is 24.8 Å². The average Bonchev–Trinajstić information content (AvgIpc) is 2.85. The van der Waals surface area contributed by atoms with Crippen LogP contribution in [0.25, 0.3) is 0 Å². The number of methoxy groups -OCH3 is 2. The van der Waals surface area contributed by atoms with Crippen LogP contribution in [0.15, 0.2) is 72.8 Å². The van der Waals surface area contributed by atoms with E-state index in [2.05, 4.69) is 16.6 Å². The summed E-state index contributed by atoms with van der Waals surface area (Å²) in [6.45, 7) is 0.445. The molecule has 3 aromatic carbocycles. The summed E-state index contributed by atoms with van der Waals surface area (Å²) >= 11 is 0. The van der Waals surface area contributed by atoms with E-state index < -0.39 is 0 Å². The monoisotopic (exact) mass is 430 g/mol. The summed E-state index contributed by atoms with van der Waals surface area (Å²) in [6.07, 6.45) is 5.27. The fourth-order valence-corrected chi connectivity index (χ4v) is 3.23. The molecule has 2 N–H and O–H groups in total. The summed E-state index contributed by atoms with van der Waals surface area (Å²) in [5.41, 5.74) is 2.78. The van der Waals surface area contributed by atoms with E-state index in [1.807, 2.05) is 60.7 Å². The molecule has 164 valence electrons. The lowest BCUT2D eigenvalue weighted by molar-refractivity contribution is 0.238. The number of carbonyl (C=O) groups is 1. The number of urea groups is 1. The van der Waals surface area contributed by atoms with Crippen molar-refractivity contribution >= 4 is 6.03 Å². The smallest absolute Gasteiger partial charge is 0.315 e. The topological polar surface area (TPSA) is 68.8 Å². The molecule has 0 bridgehead atoms. The Morgan fingerprint density at radius 2 is 1.66 bits per heavy atom. The van der Waals surface area contributed by atoms with E-state index in [1.165, 1.54) is 0 Å². The summed E-state index contributed by atoms with van der Waals surface area (Å²) in [5.74, 6) is 4.30. The van der Waals surface area contributed by atoms with Gasteiger partial charge in [0.1, 0.15) is 12.4 Å². The molecule has 0 aliphatic carbocycles. The van der Waals surface area contributed by atoms with E-state index >= 15 is 0 Å². The van der Waals surface area contributed by atoms with Gasteiger partial charge in [0, 0.05) is 6.54 Å². The van der Waals surface area contributed by atoms with Gasteiger partial charge in [-0.3, -0.25) is 0 Å². The molecule has 2 amide bonds. The Morgan fingerprint density at radius 3 is 2.31 bits per heavy atom. The molecule has 0 radical (unpaired) electrons. The van der Waals surface area contributed by atoms with Crippen molar-refractivity contribution in [3.05, 3.63) is 89.5 Å². The zero-order valence-corrected chi connectivity index (χ0v) is 18.1. The number of rotatable bonds is 9. The normalized spacial score (nSPS) is 11.0. The van der Waals surface area contributed by atoms with Crippen LogP contribution in [0.1, 0.15) is 22.7 Å². The second kappa shape index (κ2) is 11.3. The van der Waals surface area contributed by atoms with Crippen molar-refractivity contribution in [3.63, 3.8) is 0 Å². The van der Waals surface area contributed by atoms with Crippen molar-refractivity contribution in [2.45, 2.75) is 12.6 Å². The highest BCUT2D eigenvalue weighted by Crippen LogP contribution is 2.28. The van der Waals surface area contributed by atoms with Crippen LogP contribution in [0.4, 0.5) is 4.79 Å². The minimum Gasteiger partial charge on any atom is -0.497 e. The Bertz CT molecular complexity index is 1060. The van der Waals surface area contributed by atoms with Gasteiger partial charge < -0.3 is 24.8 Å². The largest absolute Gasteiger partial charge is 0.497 e. The van der Waals surface area contributed by atoms with Crippen molar-refractivity contribution in [2.24, 2.45) is 0 Å². The molecule has 0 fully saturated rings. The SMILES string of the molecule is C#CCOc1cc(CNC(=O)NC(c2ccccc2)c2ccc(OC)cc2)ccc1OC. The zero-order chi connectivity index (χ0) is 22.8. The number of hydrogen-bond donors (Lipinski definition) is 2. The second-order valence-corrected chi connectivity index (χ2v) is 6.92. The first kappa shape index (κ1) is 22.6. The molecule has 3 aromatic rings. The highest BCUT2D eigenvalue weighted by Gasteiger charge is 2.17. The number of benzene rings is 3. The fourth-order valence-electron chi connectivity index (χ4n) is 3.23. The van der Waals surface area contributed by atoms with Gasteiger partial charge in [-0.05, 0) is 41.0 Å². The summed E-state index contributed by atoms with van der Waals surface area (Å²) in [6, 6.07) is 22.3. The predicted molar refractivity (Wildman–Crippen MR) is 124 cm³/mol. The van der Waals surface area contributed by atoms with E-state index in [9.17, 15) is 4.79 Å². The Morgan fingerprint density at radius 1 is 0.938 bits per heavy atom. The van der Waals surface area contributed by atoms with Gasteiger partial charge in [-0.25, -0.2) is 4.79 Å². The number of ether oxygens (including phenoxy) is 3. The van der Waals surface area contributed by atoms with Crippen molar-refractivity contribution in [1.29, 1.82) is 0 Å². The standard InChI is InChI=1S/C26H26N2O4/c1-4-16-32-24-17-19(10-15-23(24)31-3)18-27-26(29)28-25(20-8-6-5-7-9-20)21-11-13-22(30-2)14-12-21/h1,5-15,17,25H,16,18H2,2-3H3,(H2,27,28,29). The maximum absolute atomic E-state index is 12.7. The van der Waals surface area contributed by atoms with Gasteiger partial charge in [0.2, 0.25) is 0 Å². The quantitative estimate of drug-likeness (QED) is 0.497. The lowest BCUT2D eigenvalue weighted by atomic mass is 9.99.